The summed E-state index contributed by atoms with van der Waals surface area (Å²) >= 11 is 0. The molecule has 2 aromatic carbocycles. The minimum atomic E-state index is 0.00752. The molecule has 0 spiro atoms. The van der Waals surface area contributed by atoms with Gasteiger partial charge in [-0.05, 0) is 79.7 Å². The van der Waals surface area contributed by atoms with Gasteiger partial charge in [-0.3, -0.25) is 4.79 Å². The molecule has 3 heterocycles. The minimum absolute atomic E-state index is 0.00752. The second-order valence-electron chi connectivity index (χ2n) is 9.77. The van der Waals surface area contributed by atoms with Gasteiger partial charge < -0.3 is 14.8 Å². The lowest BCUT2D eigenvalue weighted by atomic mass is 9.87. The second kappa shape index (κ2) is 9.07. The number of fused-ring (bicyclic) bond motifs is 1. The zero-order valence-electron chi connectivity index (χ0n) is 20.4. The molecule has 1 amide bonds. The monoisotopic (exact) mass is 452 g/mol. The first-order chi connectivity index (χ1) is 16.4. The molecule has 34 heavy (non-hydrogen) atoms. The number of nitrogens with one attached hydrogen (secondary N) is 1. The first-order valence-corrected chi connectivity index (χ1v) is 12.0. The topological polar surface area (TPSA) is 52.2 Å². The Hall–Kier alpha value is -3.44. The van der Waals surface area contributed by atoms with Gasteiger partial charge >= 0.3 is 0 Å². The highest BCUT2D eigenvalue weighted by Gasteiger charge is 2.20. The molecule has 0 radical (unpaired) electrons. The number of piperidine rings is 1. The number of aromatic amines is 1. The summed E-state index contributed by atoms with van der Waals surface area (Å²) in [4.78, 5) is 24.3. The predicted octanol–water partition coefficient (Wildman–Crippen LogP) is 5.72. The predicted molar refractivity (Wildman–Crippen MR) is 139 cm³/mol. The van der Waals surface area contributed by atoms with Crippen LogP contribution in [0.4, 0.5) is 0 Å². The van der Waals surface area contributed by atoms with Crippen LogP contribution < -0.4 is 0 Å². The van der Waals surface area contributed by atoms with Gasteiger partial charge in [0.2, 0.25) is 0 Å². The normalized spacial score (nSPS) is 16.6. The SMILES string of the molecule is Cc1cc(-c2cnc3[nH]cc(-c4ccc(C(=O)N(C)C)cc4)c3c2)ccc1C1CCCN(C)C1. The lowest BCUT2D eigenvalue weighted by Crippen LogP contribution is -2.31. The van der Waals surface area contributed by atoms with E-state index in [1.54, 1.807) is 19.0 Å². The van der Waals surface area contributed by atoms with E-state index in [-0.39, 0.29) is 5.91 Å². The minimum Gasteiger partial charge on any atom is -0.346 e. The maximum absolute atomic E-state index is 12.2. The molecule has 0 bridgehead atoms. The molecule has 1 N–H and O–H groups in total. The number of amides is 1. The van der Waals surface area contributed by atoms with E-state index in [1.807, 2.05) is 36.7 Å². The number of aromatic nitrogens is 2. The molecule has 1 saturated heterocycles. The molecular formula is C29H32N4O. The van der Waals surface area contributed by atoms with E-state index in [0.29, 0.717) is 11.5 Å². The maximum atomic E-state index is 12.2. The highest BCUT2D eigenvalue weighted by atomic mass is 16.2. The number of carbonyl (C=O) groups is 1. The first-order valence-electron chi connectivity index (χ1n) is 12.0. The molecule has 5 rings (SSSR count). The van der Waals surface area contributed by atoms with Crippen LogP contribution in [0.3, 0.4) is 0 Å². The number of carbonyl (C=O) groups excluding carboxylic acids is 1. The Balaban J connectivity index is 1.46. The van der Waals surface area contributed by atoms with Gasteiger partial charge in [-0.2, -0.15) is 0 Å². The fourth-order valence-corrected chi connectivity index (χ4v) is 5.18. The van der Waals surface area contributed by atoms with Crippen LogP contribution >= 0.6 is 0 Å². The molecule has 5 nitrogen and oxygen atoms in total. The Morgan fingerprint density at radius 3 is 2.53 bits per heavy atom. The first kappa shape index (κ1) is 22.4. The summed E-state index contributed by atoms with van der Waals surface area (Å²) in [7, 11) is 5.76. The van der Waals surface area contributed by atoms with Crippen molar-refractivity contribution in [2.75, 3.05) is 34.2 Å². The van der Waals surface area contributed by atoms with Gasteiger partial charge in [-0.15, -0.1) is 0 Å². The van der Waals surface area contributed by atoms with Crippen molar-refractivity contribution < 1.29 is 4.79 Å². The largest absolute Gasteiger partial charge is 0.346 e. The number of aryl methyl sites for hydroxylation is 1. The van der Waals surface area contributed by atoms with E-state index in [1.165, 1.54) is 36.1 Å². The summed E-state index contributed by atoms with van der Waals surface area (Å²) in [5.74, 6) is 0.625. The number of nitrogens with zero attached hydrogens (tertiary/aromatic N) is 3. The van der Waals surface area contributed by atoms with Crippen LogP contribution in [0.1, 0.15) is 40.2 Å². The zero-order chi connectivity index (χ0) is 23.8. The van der Waals surface area contributed by atoms with Crippen molar-refractivity contribution in [2.24, 2.45) is 0 Å². The molecule has 1 unspecified atom stereocenters. The third kappa shape index (κ3) is 4.24. The Morgan fingerprint density at radius 2 is 1.82 bits per heavy atom. The summed E-state index contributed by atoms with van der Waals surface area (Å²) < 4.78 is 0. The second-order valence-corrected chi connectivity index (χ2v) is 9.77. The summed E-state index contributed by atoms with van der Waals surface area (Å²) in [6.07, 6.45) is 6.48. The molecule has 174 valence electrons. The molecule has 5 heteroatoms. The third-order valence-electron chi connectivity index (χ3n) is 7.05. The quantitative estimate of drug-likeness (QED) is 0.431. The number of H-pyrrole nitrogens is 1. The molecule has 0 saturated carbocycles. The Bertz CT molecular complexity index is 1340. The van der Waals surface area contributed by atoms with Gasteiger partial charge in [0.15, 0.2) is 0 Å². The number of rotatable bonds is 4. The van der Waals surface area contributed by atoms with E-state index >= 15 is 0 Å². The summed E-state index contributed by atoms with van der Waals surface area (Å²) in [6, 6.07) is 16.9. The smallest absolute Gasteiger partial charge is 0.253 e. The Morgan fingerprint density at radius 1 is 1.06 bits per heavy atom. The van der Waals surface area contributed by atoms with Crippen molar-refractivity contribution in [3.05, 3.63) is 77.6 Å². The average Bonchev–Trinajstić information content (AvgIpc) is 3.27. The van der Waals surface area contributed by atoms with Crippen LogP contribution in [0, 0.1) is 6.92 Å². The lowest BCUT2D eigenvalue weighted by Gasteiger charge is -2.31. The zero-order valence-corrected chi connectivity index (χ0v) is 20.4. The van der Waals surface area contributed by atoms with Crippen molar-refractivity contribution in [1.82, 2.24) is 19.8 Å². The molecular weight excluding hydrogens is 420 g/mol. The Kier molecular flexibility index (Phi) is 5.96. The van der Waals surface area contributed by atoms with Gasteiger partial charge in [-0.1, -0.05) is 30.3 Å². The van der Waals surface area contributed by atoms with Crippen LogP contribution in [0.2, 0.25) is 0 Å². The summed E-state index contributed by atoms with van der Waals surface area (Å²) in [5.41, 5.74) is 8.84. The van der Waals surface area contributed by atoms with Crippen molar-refractivity contribution in [3.63, 3.8) is 0 Å². The number of hydrogen-bond acceptors (Lipinski definition) is 3. The van der Waals surface area contributed by atoms with E-state index in [9.17, 15) is 4.79 Å². The number of pyridine rings is 1. The van der Waals surface area contributed by atoms with Gasteiger partial charge in [-0.25, -0.2) is 4.98 Å². The lowest BCUT2D eigenvalue weighted by molar-refractivity contribution is 0.0827. The standard InChI is InChI=1S/C29H32N4O/c1-19-14-22(11-12-25(19)23-6-5-13-33(4)18-23)24-15-26-27(17-31-28(26)30-16-24)20-7-9-21(10-8-20)29(34)32(2)3/h7-12,14-17,23H,5-6,13,18H2,1-4H3,(H,30,31). The van der Waals surface area contributed by atoms with Crippen molar-refractivity contribution in [1.29, 1.82) is 0 Å². The number of hydrogen-bond donors (Lipinski definition) is 1. The van der Waals surface area contributed by atoms with Crippen LogP contribution in [0.25, 0.3) is 33.3 Å². The molecule has 0 aliphatic carbocycles. The van der Waals surface area contributed by atoms with Gasteiger partial charge in [0.25, 0.3) is 5.91 Å². The summed E-state index contributed by atoms with van der Waals surface area (Å²) in [5, 5.41) is 1.08. The summed E-state index contributed by atoms with van der Waals surface area (Å²) in [6.45, 7) is 4.57. The van der Waals surface area contributed by atoms with Crippen molar-refractivity contribution in [3.8, 4) is 22.3 Å². The van der Waals surface area contributed by atoms with Gasteiger partial charge in [0.05, 0.1) is 0 Å². The molecule has 1 fully saturated rings. The molecule has 1 aliphatic heterocycles. The van der Waals surface area contributed by atoms with Crippen molar-refractivity contribution >= 4 is 16.9 Å². The van der Waals surface area contributed by atoms with Crippen LogP contribution in [0.5, 0.6) is 0 Å². The number of benzene rings is 2. The highest BCUT2D eigenvalue weighted by molar-refractivity contribution is 5.98. The molecule has 4 aromatic rings. The van der Waals surface area contributed by atoms with Crippen molar-refractivity contribution in [2.45, 2.75) is 25.7 Å². The number of likely N-dealkylation sites (tertiary alicyclic amines) is 1. The average molecular weight is 453 g/mol. The highest BCUT2D eigenvalue weighted by Crippen LogP contribution is 2.34. The van der Waals surface area contributed by atoms with Crippen LogP contribution in [-0.2, 0) is 0 Å². The van der Waals surface area contributed by atoms with Crippen LogP contribution in [0.15, 0.2) is 60.9 Å². The van der Waals surface area contributed by atoms with E-state index in [4.69, 9.17) is 4.98 Å². The number of likely N-dealkylation sites (N-methyl/N-ethyl adjacent to an activating group) is 1. The van der Waals surface area contributed by atoms with Crippen LogP contribution in [-0.4, -0.2) is 59.9 Å². The van der Waals surface area contributed by atoms with E-state index < -0.39 is 0 Å². The fraction of sp³-hybridized carbons (Fsp3) is 0.310. The van der Waals surface area contributed by atoms with E-state index in [0.717, 1.165) is 34.3 Å². The Labute approximate surface area is 201 Å². The fourth-order valence-electron chi connectivity index (χ4n) is 5.18. The molecule has 1 atom stereocenters. The third-order valence-corrected chi connectivity index (χ3v) is 7.05. The van der Waals surface area contributed by atoms with Gasteiger partial charge in [0, 0.05) is 55.1 Å². The molecule has 2 aromatic heterocycles. The van der Waals surface area contributed by atoms with E-state index in [2.05, 4.69) is 48.1 Å². The molecule has 1 aliphatic rings. The maximum Gasteiger partial charge on any atom is 0.253 e. The van der Waals surface area contributed by atoms with Gasteiger partial charge in [0.1, 0.15) is 5.65 Å².